The van der Waals surface area contributed by atoms with Crippen molar-refractivity contribution in [3.05, 3.63) is 23.7 Å². The van der Waals surface area contributed by atoms with E-state index in [1.165, 1.54) is 0 Å². The van der Waals surface area contributed by atoms with Crippen LogP contribution < -0.4 is 5.32 Å². The van der Waals surface area contributed by atoms with E-state index in [-0.39, 0.29) is 0 Å². The largest absolute Gasteiger partial charge is 0.356 e. The summed E-state index contributed by atoms with van der Waals surface area (Å²) in [6.07, 6.45) is 1.79. The molecular formula is C10H14N4O. The van der Waals surface area contributed by atoms with Crippen molar-refractivity contribution in [1.29, 1.82) is 0 Å². The maximum absolute atomic E-state index is 5.25. The molecule has 2 heterocycles. The molecule has 1 N–H and O–H groups in total. The molecule has 5 heteroatoms. The van der Waals surface area contributed by atoms with Gasteiger partial charge in [0.2, 0.25) is 0 Å². The molecule has 80 valence electrons. The molecular weight excluding hydrogens is 192 g/mol. The van der Waals surface area contributed by atoms with Crippen molar-refractivity contribution < 1.29 is 4.52 Å². The summed E-state index contributed by atoms with van der Waals surface area (Å²) in [7, 11) is 3.79. The Balaban J connectivity index is 2.33. The Morgan fingerprint density at radius 3 is 2.93 bits per heavy atom. The van der Waals surface area contributed by atoms with Gasteiger partial charge in [-0.05, 0) is 14.0 Å². The third-order valence-electron chi connectivity index (χ3n) is 2.42. The van der Waals surface area contributed by atoms with Gasteiger partial charge in [-0.1, -0.05) is 5.16 Å². The van der Waals surface area contributed by atoms with Gasteiger partial charge in [0.25, 0.3) is 0 Å². The zero-order valence-electron chi connectivity index (χ0n) is 9.11. The van der Waals surface area contributed by atoms with Crippen LogP contribution in [0.5, 0.6) is 0 Å². The highest BCUT2D eigenvalue weighted by molar-refractivity contribution is 5.59. The third kappa shape index (κ3) is 1.78. The number of aromatic nitrogens is 3. The Kier molecular flexibility index (Phi) is 2.55. The first-order chi connectivity index (χ1) is 7.22. The first-order valence-corrected chi connectivity index (χ1v) is 4.81. The van der Waals surface area contributed by atoms with Crippen LogP contribution in [0.1, 0.15) is 11.4 Å². The number of hydrogen-bond acceptors (Lipinski definition) is 4. The van der Waals surface area contributed by atoms with E-state index in [4.69, 9.17) is 4.52 Å². The molecule has 2 aromatic heterocycles. The Hall–Kier alpha value is -1.62. The minimum Gasteiger partial charge on any atom is -0.356 e. The fourth-order valence-electron chi connectivity index (χ4n) is 1.44. The lowest BCUT2D eigenvalue weighted by Gasteiger charge is -1.94. The van der Waals surface area contributed by atoms with Gasteiger partial charge in [-0.25, -0.2) is 0 Å². The van der Waals surface area contributed by atoms with Gasteiger partial charge in [-0.2, -0.15) is 5.10 Å². The van der Waals surface area contributed by atoms with Crippen LogP contribution in [-0.4, -0.2) is 22.0 Å². The van der Waals surface area contributed by atoms with Gasteiger partial charge in [0.1, 0.15) is 0 Å². The van der Waals surface area contributed by atoms with Crippen LogP contribution in [0.3, 0.4) is 0 Å². The molecule has 0 amide bonds. The van der Waals surface area contributed by atoms with Crippen molar-refractivity contribution in [2.75, 3.05) is 7.05 Å². The monoisotopic (exact) mass is 206 g/mol. The second-order valence-electron chi connectivity index (χ2n) is 3.48. The van der Waals surface area contributed by atoms with Crippen LogP contribution in [0.15, 0.2) is 16.8 Å². The lowest BCUT2D eigenvalue weighted by Crippen LogP contribution is -2.04. The molecule has 2 aromatic rings. The topological polar surface area (TPSA) is 55.9 Å². The van der Waals surface area contributed by atoms with E-state index >= 15 is 0 Å². The summed E-state index contributed by atoms with van der Waals surface area (Å²) in [6.45, 7) is 2.71. The van der Waals surface area contributed by atoms with Crippen molar-refractivity contribution >= 4 is 0 Å². The molecule has 5 nitrogen and oxygen atoms in total. The van der Waals surface area contributed by atoms with Gasteiger partial charge in [0.05, 0.1) is 17.5 Å². The van der Waals surface area contributed by atoms with Crippen LogP contribution in [0.2, 0.25) is 0 Å². The van der Waals surface area contributed by atoms with E-state index < -0.39 is 0 Å². The number of rotatable bonds is 3. The molecule has 0 aliphatic carbocycles. The second kappa shape index (κ2) is 3.86. The zero-order chi connectivity index (χ0) is 10.8. The summed E-state index contributed by atoms with van der Waals surface area (Å²) >= 11 is 0. The molecule has 0 saturated heterocycles. The van der Waals surface area contributed by atoms with Crippen molar-refractivity contribution in [1.82, 2.24) is 20.3 Å². The third-order valence-corrected chi connectivity index (χ3v) is 2.42. The summed E-state index contributed by atoms with van der Waals surface area (Å²) in [5.41, 5.74) is 2.96. The quantitative estimate of drug-likeness (QED) is 0.817. The SMILES string of the molecule is CNCc1cc(-c2cnn(C)c2C)on1. The standard InChI is InChI=1S/C10H14N4O/c1-7-9(6-12-14(7)3)10-4-8(5-11-2)13-15-10/h4,6,11H,5H2,1-3H3. The second-order valence-corrected chi connectivity index (χ2v) is 3.48. The predicted molar refractivity (Wildman–Crippen MR) is 56.2 cm³/mol. The van der Waals surface area contributed by atoms with Gasteiger partial charge in [0, 0.05) is 25.4 Å². The van der Waals surface area contributed by atoms with E-state index in [9.17, 15) is 0 Å². The van der Waals surface area contributed by atoms with E-state index in [0.717, 1.165) is 22.7 Å². The van der Waals surface area contributed by atoms with Crippen LogP contribution in [0, 0.1) is 6.92 Å². The maximum atomic E-state index is 5.25. The number of aryl methyl sites for hydroxylation is 1. The molecule has 0 saturated carbocycles. The van der Waals surface area contributed by atoms with Crippen LogP contribution >= 0.6 is 0 Å². The van der Waals surface area contributed by atoms with Crippen molar-refractivity contribution in [3.63, 3.8) is 0 Å². The summed E-state index contributed by atoms with van der Waals surface area (Å²) in [5, 5.41) is 11.1. The van der Waals surface area contributed by atoms with E-state index in [1.807, 2.05) is 31.8 Å². The van der Waals surface area contributed by atoms with Crippen LogP contribution in [-0.2, 0) is 13.6 Å². The fourth-order valence-corrected chi connectivity index (χ4v) is 1.44. The normalized spacial score (nSPS) is 10.9. The molecule has 0 bridgehead atoms. The molecule has 0 unspecified atom stereocenters. The van der Waals surface area contributed by atoms with Crippen molar-refractivity contribution in [2.45, 2.75) is 13.5 Å². The molecule has 0 atom stereocenters. The fraction of sp³-hybridized carbons (Fsp3) is 0.400. The highest BCUT2D eigenvalue weighted by Gasteiger charge is 2.11. The Morgan fingerprint density at radius 1 is 1.53 bits per heavy atom. The molecule has 0 spiro atoms. The van der Waals surface area contributed by atoms with Gasteiger partial charge in [-0.3, -0.25) is 4.68 Å². The highest BCUT2D eigenvalue weighted by Crippen LogP contribution is 2.23. The average Bonchev–Trinajstić information content (AvgIpc) is 2.77. The van der Waals surface area contributed by atoms with Gasteiger partial charge >= 0.3 is 0 Å². The molecule has 0 fully saturated rings. The molecule has 2 rings (SSSR count). The Morgan fingerprint density at radius 2 is 2.33 bits per heavy atom. The minimum atomic E-state index is 0.711. The van der Waals surface area contributed by atoms with E-state index in [1.54, 1.807) is 6.20 Å². The predicted octanol–water partition coefficient (Wildman–Crippen LogP) is 1.10. The molecule has 0 radical (unpaired) electrons. The lowest BCUT2D eigenvalue weighted by atomic mass is 10.2. The van der Waals surface area contributed by atoms with E-state index in [2.05, 4.69) is 15.6 Å². The molecule has 15 heavy (non-hydrogen) atoms. The summed E-state index contributed by atoms with van der Waals surface area (Å²) in [5.74, 6) is 0.769. The summed E-state index contributed by atoms with van der Waals surface area (Å²) < 4.78 is 7.07. The Labute approximate surface area is 88.1 Å². The first kappa shape index (κ1) is 9.92. The van der Waals surface area contributed by atoms with Crippen molar-refractivity contribution in [3.8, 4) is 11.3 Å². The average molecular weight is 206 g/mol. The van der Waals surface area contributed by atoms with Crippen LogP contribution in [0.25, 0.3) is 11.3 Å². The molecule has 0 aliphatic rings. The van der Waals surface area contributed by atoms with Gasteiger partial charge < -0.3 is 9.84 Å². The molecule has 0 aromatic carbocycles. The Bertz CT molecular complexity index is 458. The van der Waals surface area contributed by atoms with Crippen molar-refractivity contribution in [2.24, 2.45) is 7.05 Å². The number of nitrogens with one attached hydrogen (secondary N) is 1. The smallest absolute Gasteiger partial charge is 0.170 e. The van der Waals surface area contributed by atoms with Crippen LogP contribution in [0.4, 0.5) is 0 Å². The number of hydrogen-bond donors (Lipinski definition) is 1. The van der Waals surface area contributed by atoms with Gasteiger partial charge in [-0.15, -0.1) is 0 Å². The number of nitrogens with zero attached hydrogens (tertiary/aromatic N) is 3. The molecule has 0 aliphatic heterocycles. The zero-order valence-corrected chi connectivity index (χ0v) is 9.11. The van der Waals surface area contributed by atoms with E-state index in [0.29, 0.717) is 6.54 Å². The minimum absolute atomic E-state index is 0.711. The first-order valence-electron chi connectivity index (χ1n) is 4.81. The summed E-state index contributed by atoms with van der Waals surface area (Å²) in [6, 6.07) is 1.93. The summed E-state index contributed by atoms with van der Waals surface area (Å²) in [4.78, 5) is 0. The highest BCUT2D eigenvalue weighted by atomic mass is 16.5. The lowest BCUT2D eigenvalue weighted by molar-refractivity contribution is 0.421. The van der Waals surface area contributed by atoms with Gasteiger partial charge in [0.15, 0.2) is 5.76 Å². The maximum Gasteiger partial charge on any atom is 0.170 e.